The lowest BCUT2D eigenvalue weighted by atomic mass is 9.97. The third kappa shape index (κ3) is 2.85. The number of carbonyl (C=O) groups excluding carboxylic acids is 1. The van der Waals surface area contributed by atoms with Gasteiger partial charge in [0.05, 0.1) is 6.54 Å². The Kier molecular flexibility index (Phi) is 3.75. The fourth-order valence-electron chi connectivity index (χ4n) is 1.53. The zero-order valence-electron chi connectivity index (χ0n) is 9.60. The number of ketones is 1. The number of aryl methyl sites for hydroxylation is 1. The number of Topliss-reactive ketones (excluding diaryl/α,β-unsaturated/α-hetero) is 1. The summed E-state index contributed by atoms with van der Waals surface area (Å²) < 4.78 is 26.5. The van der Waals surface area contributed by atoms with Gasteiger partial charge in [-0.2, -0.15) is 0 Å². The van der Waals surface area contributed by atoms with E-state index in [9.17, 15) is 13.6 Å². The molecule has 0 amide bonds. The lowest BCUT2D eigenvalue weighted by molar-refractivity contribution is 0.0164. The van der Waals surface area contributed by atoms with Crippen LogP contribution in [0.3, 0.4) is 0 Å². The van der Waals surface area contributed by atoms with E-state index >= 15 is 0 Å². The molecule has 0 fully saturated rings. The first-order chi connectivity index (χ1) is 7.36. The number of nitrogens with one attached hydrogen (secondary N) is 1. The molecule has 0 spiro atoms. The standard InChI is InChI=1S/C12H15F2NO/c1-8-4-5-10(12(2,13)14)9(6-8)11(16)7-15-3/h4-6,15H,7H2,1-3H3. The van der Waals surface area contributed by atoms with Gasteiger partial charge in [0.2, 0.25) is 0 Å². The van der Waals surface area contributed by atoms with E-state index in [1.54, 1.807) is 20.0 Å². The van der Waals surface area contributed by atoms with Crippen molar-refractivity contribution in [3.8, 4) is 0 Å². The molecular weight excluding hydrogens is 212 g/mol. The van der Waals surface area contributed by atoms with Gasteiger partial charge in [-0.3, -0.25) is 4.79 Å². The molecule has 0 saturated carbocycles. The minimum Gasteiger partial charge on any atom is -0.313 e. The Bertz CT molecular complexity index is 396. The van der Waals surface area contributed by atoms with Crippen LogP contribution >= 0.6 is 0 Å². The highest BCUT2D eigenvalue weighted by atomic mass is 19.3. The summed E-state index contributed by atoms with van der Waals surface area (Å²) in [6.07, 6.45) is 0. The van der Waals surface area contributed by atoms with Crippen LogP contribution in [-0.2, 0) is 5.92 Å². The van der Waals surface area contributed by atoms with E-state index in [0.717, 1.165) is 12.5 Å². The van der Waals surface area contributed by atoms with E-state index in [0.29, 0.717) is 0 Å². The maximum Gasteiger partial charge on any atom is 0.271 e. The molecule has 2 nitrogen and oxygen atoms in total. The summed E-state index contributed by atoms with van der Waals surface area (Å²) in [5.74, 6) is -3.31. The molecule has 0 heterocycles. The molecule has 88 valence electrons. The largest absolute Gasteiger partial charge is 0.313 e. The van der Waals surface area contributed by atoms with Crippen LogP contribution in [0.5, 0.6) is 0 Å². The molecule has 0 unspecified atom stereocenters. The van der Waals surface area contributed by atoms with E-state index in [-0.39, 0.29) is 23.5 Å². The summed E-state index contributed by atoms with van der Waals surface area (Å²) in [5, 5.41) is 2.67. The Hall–Kier alpha value is -1.29. The zero-order chi connectivity index (χ0) is 12.3. The fraction of sp³-hybridized carbons (Fsp3) is 0.417. The van der Waals surface area contributed by atoms with Crippen molar-refractivity contribution < 1.29 is 13.6 Å². The van der Waals surface area contributed by atoms with Crippen LogP contribution in [0.2, 0.25) is 0 Å². The van der Waals surface area contributed by atoms with Gasteiger partial charge < -0.3 is 5.32 Å². The number of benzene rings is 1. The van der Waals surface area contributed by atoms with E-state index < -0.39 is 5.92 Å². The number of rotatable bonds is 4. The molecule has 4 heteroatoms. The number of halogens is 2. The topological polar surface area (TPSA) is 29.1 Å². The van der Waals surface area contributed by atoms with Crippen molar-refractivity contribution in [2.75, 3.05) is 13.6 Å². The molecule has 1 N–H and O–H groups in total. The average molecular weight is 227 g/mol. The highest BCUT2D eigenvalue weighted by molar-refractivity contribution is 5.99. The van der Waals surface area contributed by atoms with E-state index in [4.69, 9.17) is 0 Å². The lowest BCUT2D eigenvalue weighted by Crippen LogP contribution is -2.22. The fourth-order valence-corrected chi connectivity index (χ4v) is 1.53. The van der Waals surface area contributed by atoms with Gasteiger partial charge in [-0.1, -0.05) is 17.7 Å². The third-order valence-electron chi connectivity index (χ3n) is 2.29. The molecule has 0 radical (unpaired) electrons. The van der Waals surface area contributed by atoms with Gasteiger partial charge in [0.1, 0.15) is 0 Å². The Morgan fingerprint density at radius 3 is 2.56 bits per heavy atom. The Balaban J connectivity index is 3.24. The minimum atomic E-state index is -2.99. The number of alkyl halides is 2. The first-order valence-electron chi connectivity index (χ1n) is 5.03. The van der Waals surface area contributed by atoms with Gasteiger partial charge in [0.15, 0.2) is 5.78 Å². The summed E-state index contributed by atoms with van der Waals surface area (Å²) in [5.41, 5.74) is 0.688. The molecular formula is C12H15F2NO. The Labute approximate surface area is 93.7 Å². The van der Waals surface area contributed by atoms with Gasteiger partial charge in [0.25, 0.3) is 5.92 Å². The van der Waals surface area contributed by atoms with Gasteiger partial charge >= 0.3 is 0 Å². The second kappa shape index (κ2) is 4.70. The maximum absolute atomic E-state index is 13.3. The summed E-state index contributed by atoms with van der Waals surface area (Å²) >= 11 is 0. The van der Waals surface area contributed by atoms with Crippen LogP contribution < -0.4 is 5.32 Å². The van der Waals surface area contributed by atoms with Crippen LogP contribution in [0.15, 0.2) is 18.2 Å². The molecule has 1 aromatic rings. The van der Waals surface area contributed by atoms with Crippen molar-refractivity contribution in [1.82, 2.24) is 5.32 Å². The number of hydrogen-bond donors (Lipinski definition) is 1. The highest BCUT2D eigenvalue weighted by Crippen LogP contribution is 2.30. The monoisotopic (exact) mass is 227 g/mol. The molecule has 0 aliphatic heterocycles. The molecule has 0 saturated heterocycles. The second-order valence-corrected chi connectivity index (χ2v) is 3.89. The van der Waals surface area contributed by atoms with E-state index in [1.165, 1.54) is 12.1 Å². The summed E-state index contributed by atoms with van der Waals surface area (Å²) in [6, 6.07) is 4.41. The van der Waals surface area contributed by atoms with Crippen molar-refractivity contribution >= 4 is 5.78 Å². The smallest absolute Gasteiger partial charge is 0.271 e. The van der Waals surface area contributed by atoms with Crippen molar-refractivity contribution in [1.29, 1.82) is 0 Å². The average Bonchev–Trinajstić information content (AvgIpc) is 2.16. The van der Waals surface area contributed by atoms with Crippen LogP contribution in [0.25, 0.3) is 0 Å². The minimum absolute atomic E-state index is 0.0620. The molecule has 1 rings (SSSR count). The maximum atomic E-state index is 13.3. The van der Waals surface area contributed by atoms with Gasteiger partial charge in [-0.15, -0.1) is 0 Å². The number of likely N-dealkylation sites (N-methyl/N-ethyl adjacent to an activating group) is 1. The SMILES string of the molecule is CNCC(=O)c1cc(C)ccc1C(C)(F)F. The quantitative estimate of drug-likeness (QED) is 0.801. The molecule has 0 atom stereocenters. The van der Waals surface area contributed by atoms with Gasteiger partial charge in [0, 0.05) is 18.1 Å². The van der Waals surface area contributed by atoms with Gasteiger partial charge in [-0.05, 0) is 20.0 Å². The summed E-state index contributed by atoms with van der Waals surface area (Å²) in [4.78, 5) is 11.7. The van der Waals surface area contributed by atoms with E-state index in [1.807, 2.05) is 0 Å². The van der Waals surface area contributed by atoms with Gasteiger partial charge in [-0.25, -0.2) is 8.78 Å². The molecule has 0 bridgehead atoms. The normalized spacial score (nSPS) is 11.6. The molecule has 0 aliphatic carbocycles. The first-order valence-corrected chi connectivity index (χ1v) is 5.03. The molecule has 16 heavy (non-hydrogen) atoms. The van der Waals surface area contributed by atoms with Crippen molar-refractivity contribution in [2.45, 2.75) is 19.8 Å². The molecule has 0 aliphatic rings. The van der Waals surface area contributed by atoms with Crippen LogP contribution in [0.1, 0.15) is 28.4 Å². The van der Waals surface area contributed by atoms with Crippen molar-refractivity contribution in [2.24, 2.45) is 0 Å². The number of carbonyl (C=O) groups is 1. The Morgan fingerprint density at radius 1 is 1.44 bits per heavy atom. The summed E-state index contributed by atoms with van der Waals surface area (Å²) in [6.45, 7) is 2.63. The van der Waals surface area contributed by atoms with E-state index in [2.05, 4.69) is 5.32 Å². The second-order valence-electron chi connectivity index (χ2n) is 3.89. The summed E-state index contributed by atoms with van der Waals surface area (Å²) in [7, 11) is 1.61. The zero-order valence-corrected chi connectivity index (χ0v) is 9.60. The van der Waals surface area contributed by atoms with Crippen molar-refractivity contribution in [3.63, 3.8) is 0 Å². The number of hydrogen-bond acceptors (Lipinski definition) is 2. The third-order valence-corrected chi connectivity index (χ3v) is 2.29. The Morgan fingerprint density at radius 2 is 2.06 bits per heavy atom. The predicted octanol–water partition coefficient (Wildman–Crippen LogP) is 2.51. The first kappa shape index (κ1) is 12.8. The van der Waals surface area contributed by atoms with Crippen molar-refractivity contribution in [3.05, 3.63) is 34.9 Å². The van der Waals surface area contributed by atoms with Crippen LogP contribution in [-0.4, -0.2) is 19.4 Å². The molecule has 0 aromatic heterocycles. The lowest BCUT2D eigenvalue weighted by Gasteiger charge is -2.15. The van der Waals surface area contributed by atoms with Crippen LogP contribution in [0, 0.1) is 6.92 Å². The predicted molar refractivity (Wildman–Crippen MR) is 59.0 cm³/mol. The van der Waals surface area contributed by atoms with Crippen LogP contribution in [0.4, 0.5) is 8.78 Å². The highest BCUT2D eigenvalue weighted by Gasteiger charge is 2.29. The molecule has 1 aromatic carbocycles.